The van der Waals surface area contributed by atoms with Crippen molar-refractivity contribution in [3.8, 4) is 0 Å². The van der Waals surface area contributed by atoms with Gasteiger partial charge in [-0.15, -0.1) is 0 Å². The van der Waals surface area contributed by atoms with Gasteiger partial charge in [-0.3, -0.25) is 4.98 Å². The maximum Gasteiger partial charge on any atom is 0.127 e. The highest BCUT2D eigenvalue weighted by atomic mass is 35.5. The lowest BCUT2D eigenvalue weighted by molar-refractivity contribution is 0.185. The molecule has 1 N–H and O–H groups in total. The number of hydrogen-bond acceptors (Lipinski definition) is 4. The van der Waals surface area contributed by atoms with Crippen LogP contribution in [0.3, 0.4) is 0 Å². The van der Waals surface area contributed by atoms with Crippen molar-refractivity contribution in [1.82, 2.24) is 9.97 Å². The van der Waals surface area contributed by atoms with Gasteiger partial charge in [-0.1, -0.05) is 17.7 Å². The molecule has 5 heteroatoms. The van der Waals surface area contributed by atoms with Gasteiger partial charge in [-0.2, -0.15) is 0 Å². The molecule has 2 aromatic heterocycles. The Bertz CT molecular complexity index is 885. The Morgan fingerprint density at radius 2 is 2.00 bits per heavy atom. The summed E-state index contributed by atoms with van der Waals surface area (Å²) in [4.78, 5) is 8.83. The van der Waals surface area contributed by atoms with Gasteiger partial charge in [-0.25, -0.2) is 4.98 Å². The summed E-state index contributed by atoms with van der Waals surface area (Å²) in [5.74, 6) is 1.29. The van der Waals surface area contributed by atoms with E-state index in [0.29, 0.717) is 17.5 Å². The molecule has 0 radical (unpaired) electrons. The first-order valence-corrected chi connectivity index (χ1v) is 8.87. The summed E-state index contributed by atoms with van der Waals surface area (Å²) in [6, 6.07) is 12.3. The van der Waals surface area contributed by atoms with Crippen LogP contribution in [0.2, 0.25) is 5.02 Å². The molecule has 2 atom stereocenters. The molecule has 0 aliphatic carbocycles. The van der Waals surface area contributed by atoms with Gasteiger partial charge in [0.05, 0.1) is 24.8 Å². The van der Waals surface area contributed by atoms with E-state index in [-0.39, 0.29) is 6.04 Å². The normalized spacial score (nSPS) is 20.1. The number of hydrogen-bond donors (Lipinski definition) is 1. The van der Waals surface area contributed by atoms with Crippen molar-refractivity contribution in [2.75, 3.05) is 18.5 Å². The first-order chi connectivity index (χ1) is 12.2. The van der Waals surface area contributed by atoms with Crippen LogP contribution in [-0.4, -0.2) is 29.2 Å². The van der Waals surface area contributed by atoms with Gasteiger partial charge in [0, 0.05) is 28.7 Å². The van der Waals surface area contributed by atoms with Crippen LogP contribution in [0.25, 0.3) is 10.9 Å². The Balaban J connectivity index is 1.55. The number of rotatable bonds is 4. The lowest BCUT2D eigenvalue weighted by Crippen LogP contribution is -2.29. The first-order valence-electron chi connectivity index (χ1n) is 8.49. The van der Waals surface area contributed by atoms with E-state index in [1.807, 2.05) is 30.6 Å². The molecule has 1 saturated heterocycles. The average molecular weight is 354 g/mol. The average Bonchev–Trinajstić information content (AvgIpc) is 3.02. The van der Waals surface area contributed by atoms with Crippen LogP contribution in [0.15, 0.2) is 48.8 Å². The van der Waals surface area contributed by atoms with Crippen molar-refractivity contribution in [1.29, 1.82) is 0 Å². The zero-order valence-corrected chi connectivity index (χ0v) is 14.8. The number of halogens is 1. The van der Waals surface area contributed by atoms with Crippen LogP contribution in [0.5, 0.6) is 0 Å². The second kappa shape index (κ2) is 6.98. The molecule has 3 heterocycles. The maximum absolute atomic E-state index is 6.12. The third-order valence-electron chi connectivity index (χ3n) is 4.76. The van der Waals surface area contributed by atoms with Gasteiger partial charge in [-0.05, 0) is 54.8 Å². The third kappa shape index (κ3) is 3.60. The number of pyridine rings is 2. The molecule has 128 valence electrons. The molecule has 1 aromatic carbocycles. The van der Waals surface area contributed by atoms with Crippen molar-refractivity contribution >= 4 is 28.3 Å². The Labute approximate surface area is 152 Å². The zero-order valence-electron chi connectivity index (χ0n) is 14.1. The van der Waals surface area contributed by atoms with Gasteiger partial charge in [0.25, 0.3) is 0 Å². The van der Waals surface area contributed by atoms with Crippen LogP contribution < -0.4 is 5.32 Å². The molecule has 4 nitrogen and oxygen atoms in total. The van der Waals surface area contributed by atoms with Crippen LogP contribution in [0, 0.1) is 12.8 Å². The van der Waals surface area contributed by atoms with Crippen molar-refractivity contribution in [2.24, 2.45) is 5.92 Å². The number of aryl methyl sites for hydroxylation is 1. The van der Waals surface area contributed by atoms with Gasteiger partial charge in [0.1, 0.15) is 5.82 Å². The van der Waals surface area contributed by atoms with Crippen LogP contribution >= 0.6 is 11.6 Å². The predicted molar refractivity (Wildman–Crippen MR) is 101 cm³/mol. The van der Waals surface area contributed by atoms with Gasteiger partial charge in [0.2, 0.25) is 0 Å². The molecule has 1 fully saturated rings. The van der Waals surface area contributed by atoms with E-state index in [9.17, 15) is 0 Å². The summed E-state index contributed by atoms with van der Waals surface area (Å²) < 4.78 is 5.72. The van der Waals surface area contributed by atoms with E-state index >= 15 is 0 Å². The fourth-order valence-electron chi connectivity index (χ4n) is 3.42. The molecule has 0 saturated carbocycles. The summed E-state index contributed by atoms with van der Waals surface area (Å²) >= 11 is 6.12. The molecule has 1 aliphatic rings. The molecule has 1 aliphatic heterocycles. The van der Waals surface area contributed by atoms with Crippen LogP contribution in [0.1, 0.15) is 11.1 Å². The number of fused-ring (bicyclic) bond motifs is 1. The second-order valence-electron chi connectivity index (χ2n) is 6.59. The van der Waals surface area contributed by atoms with E-state index in [1.165, 1.54) is 11.1 Å². The van der Waals surface area contributed by atoms with Crippen LogP contribution in [0.4, 0.5) is 5.82 Å². The Morgan fingerprint density at radius 1 is 1.16 bits per heavy atom. The quantitative estimate of drug-likeness (QED) is 0.761. The zero-order chi connectivity index (χ0) is 17.2. The number of nitrogens with zero attached hydrogens (tertiary/aromatic N) is 2. The van der Waals surface area contributed by atoms with Crippen molar-refractivity contribution in [3.63, 3.8) is 0 Å². The fourth-order valence-corrected chi connectivity index (χ4v) is 3.59. The second-order valence-corrected chi connectivity index (χ2v) is 7.03. The highest BCUT2D eigenvalue weighted by molar-refractivity contribution is 6.31. The first kappa shape index (κ1) is 16.3. The van der Waals surface area contributed by atoms with Crippen molar-refractivity contribution in [3.05, 3.63) is 64.9 Å². The summed E-state index contributed by atoms with van der Waals surface area (Å²) in [6.45, 7) is 3.56. The minimum atomic E-state index is 0.247. The van der Waals surface area contributed by atoms with E-state index in [0.717, 1.165) is 29.7 Å². The van der Waals surface area contributed by atoms with E-state index in [1.54, 1.807) is 0 Å². The number of anilines is 1. The monoisotopic (exact) mass is 353 g/mol. The molecule has 25 heavy (non-hydrogen) atoms. The number of nitrogens with one attached hydrogen (secondary N) is 1. The smallest absolute Gasteiger partial charge is 0.127 e. The summed E-state index contributed by atoms with van der Waals surface area (Å²) in [7, 11) is 0. The number of ether oxygens (including phenoxy) is 1. The van der Waals surface area contributed by atoms with E-state index in [2.05, 4.69) is 35.4 Å². The molecule has 0 bridgehead atoms. The SMILES string of the molecule is Cc1cc(N[C@@H]2COC[C@H]2Cc2ccncc2)nc2cc(Cl)ccc12. The summed E-state index contributed by atoms with van der Waals surface area (Å²) in [5.41, 5.74) is 3.39. The van der Waals surface area contributed by atoms with E-state index < -0.39 is 0 Å². The molecule has 3 aromatic rings. The highest BCUT2D eigenvalue weighted by Crippen LogP contribution is 2.26. The number of aromatic nitrogens is 2. The summed E-state index contributed by atoms with van der Waals surface area (Å²) in [5, 5.41) is 5.40. The third-order valence-corrected chi connectivity index (χ3v) is 4.99. The van der Waals surface area contributed by atoms with Crippen molar-refractivity contribution in [2.45, 2.75) is 19.4 Å². The molecular weight excluding hydrogens is 334 g/mol. The molecule has 4 rings (SSSR count). The van der Waals surface area contributed by atoms with Crippen LogP contribution in [-0.2, 0) is 11.2 Å². The maximum atomic E-state index is 6.12. The minimum absolute atomic E-state index is 0.247. The lowest BCUT2D eigenvalue weighted by Gasteiger charge is -2.20. The Morgan fingerprint density at radius 3 is 2.84 bits per heavy atom. The topological polar surface area (TPSA) is 47.0 Å². The van der Waals surface area contributed by atoms with E-state index in [4.69, 9.17) is 21.3 Å². The largest absolute Gasteiger partial charge is 0.379 e. The Hall–Kier alpha value is -2.17. The molecule has 0 spiro atoms. The number of benzene rings is 1. The van der Waals surface area contributed by atoms with Gasteiger partial charge < -0.3 is 10.1 Å². The molecular formula is C20H20ClN3O. The summed E-state index contributed by atoms with van der Waals surface area (Å²) in [6.07, 6.45) is 4.65. The highest BCUT2D eigenvalue weighted by Gasteiger charge is 2.28. The fraction of sp³-hybridized carbons (Fsp3) is 0.300. The standard InChI is InChI=1S/C20H20ClN3O/c1-13-8-20(23-18-10-16(21)2-3-17(13)18)24-19-12-25-11-15(19)9-14-4-6-22-7-5-14/h2-8,10,15,19H,9,11-12H2,1H3,(H,23,24)/t15-,19-/m1/s1. The predicted octanol–water partition coefficient (Wildman–Crippen LogP) is 4.26. The minimum Gasteiger partial charge on any atom is -0.379 e. The lowest BCUT2D eigenvalue weighted by atomic mass is 9.95. The van der Waals surface area contributed by atoms with Gasteiger partial charge in [0.15, 0.2) is 0 Å². The van der Waals surface area contributed by atoms with Gasteiger partial charge >= 0.3 is 0 Å². The van der Waals surface area contributed by atoms with Crippen molar-refractivity contribution < 1.29 is 4.74 Å². The Kier molecular flexibility index (Phi) is 4.55. The molecule has 0 amide bonds. The molecule has 0 unspecified atom stereocenters.